The number of allylic oxidation sites excluding steroid dienone is 1. The van der Waals surface area contributed by atoms with Crippen LogP contribution in [-0.2, 0) is 25.4 Å². The first-order chi connectivity index (χ1) is 16.0. The molecule has 2 aliphatic heterocycles. The van der Waals surface area contributed by atoms with Crippen molar-refractivity contribution >= 4 is 29.5 Å². The average Bonchev–Trinajstić information content (AvgIpc) is 3.03. The minimum atomic E-state index is -4.54. The number of carbonyl (C=O) groups excluding carboxylic acids is 5. The number of nitrogens with one attached hydrogen (secondary N) is 2. The topological polar surface area (TPSA) is 113 Å². The molecule has 5 amide bonds. The minimum Gasteiger partial charge on any atom is -0.348 e. The lowest BCUT2D eigenvalue weighted by Crippen LogP contribution is -2.54. The summed E-state index contributed by atoms with van der Waals surface area (Å²) in [5.41, 5.74) is -0.805. The molecule has 3 rings (SSSR count). The van der Waals surface area contributed by atoms with Crippen molar-refractivity contribution < 1.29 is 37.1 Å². The molecule has 1 atom stereocenters. The van der Waals surface area contributed by atoms with Crippen LogP contribution in [0.1, 0.15) is 35.7 Å². The molecule has 0 bridgehead atoms. The fourth-order valence-electron chi connectivity index (χ4n) is 3.71. The summed E-state index contributed by atoms with van der Waals surface area (Å²) in [7, 11) is 0. The van der Waals surface area contributed by atoms with Crippen LogP contribution in [0.3, 0.4) is 0 Å². The molecule has 178 valence electrons. The first kappa shape index (κ1) is 24.6. The normalized spacial score (nSPS) is 21.6. The summed E-state index contributed by atoms with van der Waals surface area (Å²) >= 11 is 0. The van der Waals surface area contributed by atoms with Crippen molar-refractivity contribution in [3.05, 3.63) is 70.8 Å². The maximum absolute atomic E-state index is 13.1. The number of halogens is 3. The number of carbonyl (C=O) groups is 5. The number of benzene rings is 1. The zero-order valence-corrected chi connectivity index (χ0v) is 18.0. The van der Waals surface area contributed by atoms with Crippen molar-refractivity contribution in [1.82, 2.24) is 15.5 Å². The molecule has 11 heteroatoms. The molecule has 0 radical (unpaired) electrons. The Balaban J connectivity index is 1.83. The summed E-state index contributed by atoms with van der Waals surface area (Å²) in [5, 5.41) is 4.59. The van der Waals surface area contributed by atoms with Gasteiger partial charge in [0.15, 0.2) is 0 Å². The third-order valence-electron chi connectivity index (χ3n) is 5.44. The van der Waals surface area contributed by atoms with E-state index in [4.69, 9.17) is 0 Å². The van der Waals surface area contributed by atoms with Gasteiger partial charge in [-0.1, -0.05) is 18.7 Å². The van der Waals surface area contributed by atoms with Crippen LogP contribution in [0.25, 0.3) is 0 Å². The molecule has 0 saturated carbocycles. The van der Waals surface area contributed by atoms with Crippen LogP contribution in [-0.4, -0.2) is 47.0 Å². The van der Waals surface area contributed by atoms with Gasteiger partial charge in [0.25, 0.3) is 17.7 Å². The lowest BCUT2D eigenvalue weighted by molar-refractivity contribution is -0.149. The Morgan fingerprint density at radius 1 is 1.18 bits per heavy atom. The second kappa shape index (κ2) is 9.46. The van der Waals surface area contributed by atoms with Crippen molar-refractivity contribution in [2.75, 3.05) is 6.54 Å². The molecule has 8 nitrogen and oxygen atoms in total. The summed E-state index contributed by atoms with van der Waals surface area (Å²) in [5.74, 6) is -3.45. The minimum absolute atomic E-state index is 0.00776. The predicted molar refractivity (Wildman–Crippen MR) is 113 cm³/mol. The highest BCUT2D eigenvalue weighted by molar-refractivity contribution is 6.26. The number of nitrogens with zero attached hydrogens (tertiary/aromatic N) is 1. The SMILES string of the molecule is C=C/C(CNC(=O)c1ccc(C(F)(F)F)cc1)=C1/C(=O)N(C2CCC(=O)NC2=O)C(=O)/C1=C/C. The second-order valence-electron chi connectivity index (χ2n) is 7.51. The van der Waals surface area contributed by atoms with Crippen LogP contribution in [0.5, 0.6) is 0 Å². The molecule has 0 aromatic heterocycles. The Morgan fingerprint density at radius 2 is 1.82 bits per heavy atom. The highest BCUT2D eigenvalue weighted by atomic mass is 19.4. The molecule has 1 aromatic rings. The van der Waals surface area contributed by atoms with E-state index in [2.05, 4.69) is 17.2 Å². The fourth-order valence-corrected chi connectivity index (χ4v) is 3.71. The summed E-state index contributed by atoms with van der Waals surface area (Å²) in [6.45, 7) is 4.89. The number of hydrogen-bond donors (Lipinski definition) is 2. The van der Waals surface area contributed by atoms with Crippen molar-refractivity contribution in [3.8, 4) is 0 Å². The highest BCUT2D eigenvalue weighted by Gasteiger charge is 2.47. The van der Waals surface area contributed by atoms with Crippen LogP contribution in [0.2, 0.25) is 0 Å². The molecule has 2 aliphatic rings. The molecule has 0 aliphatic carbocycles. The number of imide groups is 2. The molecule has 2 fully saturated rings. The van der Waals surface area contributed by atoms with Crippen molar-refractivity contribution in [2.24, 2.45) is 0 Å². The molecular weight excluding hydrogens is 455 g/mol. The van der Waals surface area contributed by atoms with Crippen LogP contribution >= 0.6 is 0 Å². The summed E-state index contributed by atoms with van der Waals surface area (Å²) in [6, 6.07) is 2.43. The lowest BCUT2D eigenvalue weighted by Gasteiger charge is -2.27. The Kier molecular flexibility index (Phi) is 6.85. The molecule has 0 spiro atoms. The monoisotopic (exact) mass is 475 g/mol. The highest BCUT2D eigenvalue weighted by Crippen LogP contribution is 2.32. The molecule has 2 N–H and O–H groups in total. The zero-order chi connectivity index (χ0) is 25.2. The Morgan fingerprint density at radius 3 is 2.35 bits per heavy atom. The number of amides is 5. The number of rotatable bonds is 5. The van der Waals surface area contributed by atoms with Crippen LogP contribution in [0.15, 0.2) is 59.7 Å². The number of alkyl halides is 3. The van der Waals surface area contributed by atoms with E-state index < -0.39 is 47.3 Å². The lowest BCUT2D eigenvalue weighted by atomic mass is 10.0. The quantitative estimate of drug-likeness (QED) is 0.500. The molecule has 2 saturated heterocycles. The van der Waals surface area contributed by atoms with E-state index in [0.29, 0.717) is 0 Å². The van der Waals surface area contributed by atoms with Gasteiger partial charge in [-0.05, 0) is 43.2 Å². The van der Waals surface area contributed by atoms with E-state index in [0.717, 1.165) is 29.2 Å². The van der Waals surface area contributed by atoms with Crippen molar-refractivity contribution in [2.45, 2.75) is 32.0 Å². The van der Waals surface area contributed by atoms with Crippen LogP contribution in [0, 0.1) is 0 Å². The van der Waals surface area contributed by atoms with Gasteiger partial charge in [-0.2, -0.15) is 13.2 Å². The van der Waals surface area contributed by atoms with E-state index in [1.54, 1.807) is 0 Å². The van der Waals surface area contributed by atoms with Crippen LogP contribution in [0.4, 0.5) is 13.2 Å². The van der Waals surface area contributed by atoms with Gasteiger partial charge >= 0.3 is 6.18 Å². The van der Waals surface area contributed by atoms with Gasteiger partial charge in [-0.15, -0.1) is 0 Å². The Bertz CT molecular complexity index is 1150. The first-order valence-corrected chi connectivity index (χ1v) is 10.2. The maximum atomic E-state index is 13.1. The van der Waals surface area contributed by atoms with Gasteiger partial charge in [0.1, 0.15) is 6.04 Å². The average molecular weight is 475 g/mol. The van der Waals surface area contributed by atoms with Crippen molar-refractivity contribution in [3.63, 3.8) is 0 Å². The third kappa shape index (κ3) is 4.68. The van der Waals surface area contributed by atoms with Gasteiger partial charge in [-0.3, -0.25) is 34.2 Å². The van der Waals surface area contributed by atoms with Gasteiger partial charge in [0.05, 0.1) is 11.1 Å². The van der Waals surface area contributed by atoms with Crippen LogP contribution < -0.4 is 10.6 Å². The standard InChI is InChI=1S/C23H20F3N3O5/c1-3-12(11-27-19(31)13-5-7-14(8-6-13)23(24,25)26)18-15(4-2)21(33)29(22(18)34)16-9-10-17(30)28-20(16)32/h3-8,16H,1,9-11H2,2H3,(H,27,31)(H,28,30,32)/b15-4+,18-12-. The molecule has 34 heavy (non-hydrogen) atoms. The van der Waals surface area contributed by atoms with Gasteiger partial charge in [-0.25, -0.2) is 0 Å². The Labute approximate surface area is 192 Å². The Hall–Kier alpha value is -4.02. The molecule has 2 heterocycles. The maximum Gasteiger partial charge on any atom is 0.416 e. The fraction of sp³-hybridized carbons (Fsp3) is 0.261. The smallest absolute Gasteiger partial charge is 0.348 e. The van der Waals surface area contributed by atoms with E-state index in [1.807, 2.05) is 0 Å². The molecule has 1 aromatic carbocycles. The van der Waals surface area contributed by atoms with E-state index in [-0.39, 0.29) is 41.7 Å². The molecular formula is C23H20F3N3O5. The summed E-state index contributed by atoms with van der Waals surface area (Å²) in [4.78, 5) is 62.9. The van der Waals surface area contributed by atoms with Gasteiger partial charge < -0.3 is 5.32 Å². The summed E-state index contributed by atoms with van der Waals surface area (Å²) < 4.78 is 38.1. The second-order valence-corrected chi connectivity index (χ2v) is 7.51. The van der Waals surface area contributed by atoms with E-state index in [1.165, 1.54) is 19.1 Å². The van der Waals surface area contributed by atoms with E-state index in [9.17, 15) is 37.1 Å². The summed E-state index contributed by atoms with van der Waals surface area (Å²) in [6.07, 6.45) is -1.93. The van der Waals surface area contributed by atoms with Crippen molar-refractivity contribution in [1.29, 1.82) is 0 Å². The zero-order valence-electron chi connectivity index (χ0n) is 18.0. The molecule has 1 unspecified atom stereocenters. The van der Waals surface area contributed by atoms with E-state index >= 15 is 0 Å². The predicted octanol–water partition coefficient (Wildman–Crippen LogP) is 2.04. The van der Waals surface area contributed by atoms with Gasteiger partial charge in [0.2, 0.25) is 11.8 Å². The first-order valence-electron chi connectivity index (χ1n) is 10.2. The van der Waals surface area contributed by atoms with Gasteiger partial charge in [0, 0.05) is 24.1 Å². The third-order valence-corrected chi connectivity index (χ3v) is 5.44. The number of likely N-dealkylation sites (tertiary alicyclic amines) is 1. The number of piperidine rings is 1. The largest absolute Gasteiger partial charge is 0.416 e. The number of hydrogen-bond acceptors (Lipinski definition) is 5.